The number of aliphatic hydroxyl groups is 3. The first kappa shape index (κ1) is 16.1. The molecular weight excluding hydrogens is 300 g/mol. The van der Waals surface area contributed by atoms with Crippen molar-refractivity contribution in [3.8, 4) is 0 Å². The fraction of sp³-hybridized carbons (Fsp3) is 0.417. The van der Waals surface area contributed by atoms with Crippen molar-refractivity contribution in [1.29, 1.82) is 0 Å². The molecule has 0 saturated carbocycles. The van der Waals surface area contributed by atoms with E-state index in [1.54, 1.807) is 0 Å². The third kappa shape index (κ3) is 3.31. The average Bonchev–Trinajstić information content (AvgIpc) is 2.47. The van der Waals surface area contributed by atoms with Crippen LogP contribution < -0.4 is 5.32 Å². The van der Waals surface area contributed by atoms with E-state index < -0.39 is 41.1 Å². The predicted molar refractivity (Wildman–Crippen MR) is 71.4 cm³/mol. The summed E-state index contributed by atoms with van der Waals surface area (Å²) in [4.78, 5) is 21.0. The number of hydrogen-bond acceptors (Lipinski definition) is 8. The number of nitro groups is 1. The van der Waals surface area contributed by atoms with Gasteiger partial charge in [0.2, 0.25) is 0 Å². The van der Waals surface area contributed by atoms with Crippen molar-refractivity contribution in [2.24, 2.45) is 0 Å². The number of carboxylic acid groups (broad SMARTS) is 1. The van der Waals surface area contributed by atoms with Crippen molar-refractivity contribution in [3.63, 3.8) is 0 Å². The third-order valence-electron chi connectivity index (χ3n) is 3.19. The number of hydrogen-bond donors (Lipinski definition) is 5. The smallest absolute Gasteiger partial charge is 0.336 e. The zero-order valence-corrected chi connectivity index (χ0v) is 11.1. The molecule has 1 aliphatic heterocycles. The lowest BCUT2D eigenvalue weighted by molar-refractivity contribution is -0.384. The van der Waals surface area contributed by atoms with Crippen molar-refractivity contribution < 1.29 is 34.9 Å². The lowest BCUT2D eigenvalue weighted by Crippen LogP contribution is -2.55. The molecule has 22 heavy (non-hydrogen) atoms. The highest BCUT2D eigenvalue weighted by Crippen LogP contribution is 2.24. The number of nitrogens with one attached hydrogen (secondary N) is 1. The Hall–Kier alpha value is -2.27. The number of nitro benzene ring substituents is 1. The molecule has 1 aliphatic rings. The summed E-state index contributed by atoms with van der Waals surface area (Å²) in [6.07, 6.45) is -5.35. The van der Waals surface area contributed by atoms with Crippen LogP contribution in [0.25, 0.3) is 0 Å². The fourth-order valence-corrected chi connectivity index (χ4v) is 2.02. The molecule has 1 fully saturated rings. The second-order valence-electron chi connectivity index (χ2n) is 4.78. The van der Waals surface area contributed by atoms with Gasteiger partial charge in [-0.2, -0.15) is 0 Å². The molecule has 0 amide bonds. The number of nitrogens with zero attached hydrogens (tertiary/aromatic N) is 1. The molecule has 0 radical (unpaired) electrons. The summed E-state index contributed by atoms with van der Waals surface area (Å²) in [5, 5.41) is 51.0. The Labute approximate surface area is 123 Å². The molecule has 1 heterocycles. The Bertz CT molecular complexity index is 560. The van der Waals surface area contributed by atoms with Gasteiger partial charge in [0.25, 0.3) is 5.69 Å². The molecule has 1 saturated heterocycles. The molecule has 1 aromatic carbocycles. The normalized spacial score (nSPS) is 28.1. The van der Waals surface area contributed by atoms with Gasteiger partial charge in [0.05, 0.1) is 17.1 Å². The van der Waals surface area contributed by atoms with Gasteiger partial charge >= 0.3 is 5.97 Å². The van der Waals surface area contributed by atoms with Crippen molar-refractivity contribution in [1.82, 2.24) is 0 Å². The van der Waals surface area contributed by atoms with Crippen LogP contribution in [-0.4, -0.2) is 62.5 Å². The number of ether oxygens (including phenoxy) is 1. The van der Waals surface area contributed by atoms with E-state index in [0.717, 1.165) is 18.2 Å². The van der Waals surface area contributed by atoms with Crippen LogP contribution in [0.3, 0.4) is 0 Å². The van der Waals surface area contributed by atoms with Crippen LogP contribution >= 0.6 is 0 Å². The van der Waals surface area contributed by atoms with Crippen LogP contribution in [0.15, 0.2) is 18.2 Å². The first-order valence-electron chi connectivity index (χ1n) is 6.24. The Morgan fingerprint density at radius 2 is 1.95 bits per heavy atom. The van der Waals surface area contributed by atoms with E-state index in [0.29, 0.717) is 0 Å². The first-order valence-corrected chi connectivity index (χ1v) is 6.24. The third-order valence-corrected chi connectivity index (χ3v) is 3.19. The van der Waals surface area contributed by atoms with Crippen molar-refractivity contribution in [2.75, 3.05) is 11.9 Å². The van der Waals surface area contributed by atoms with E-state index in [2.05, 4.69) is 5.32 Å². The summed E-state index contributed by atoms with van der Waals surface area (Å²) in [6, 6.07) is 3.09. The zero-order chi connectivity index (χ0) is 16.4. The number of non-ortho nitro benzene ring substituents is 1. The number of aromatic carboxylic acids is 1. The van der Waals surface area contributed by atoms with Gasteiger partial charge in [-0.25, -0.2) is 4.79 Å². The minimum atomic E-state index is -1.49. The lowest BCUT2D eigenvalue weighted by Gasteiger charge is -2.35. The molecule has 2 rings (SSSR count). The van der Waals surface area contributed by atoms with Gasteiger partial charge in [-0.1, -0.05) is 0 Å². The highest BCUT2D eigenvalue weighted by molar-refractivity contribution is 5.90. The maximum atomic E-state index is 11.0. The Morgan fingerprint density at radius 1 is 1.27 bits per heavy atom. The minimum Gasteiger partial charge on any atom is -0.478 e. The van der Waals surface area contributed by atoms with Gasteiger partial charge in [0.1, 0.15) is 18.3 Å². The summed E-state index contributed by atoms with van der Waals surface area (Å²) in [7, 11) is 0. The Morgan fingerprint density at radius 3 is 2.55 bits per heavy atom. The fourth-order valence-electron chi connectivity index (χ4n) is 2.02. The topological polar surface area (TPSA) is 162 Å². The van der Waals surface area contributed by atoms with E-state index in [1.165, 1.54) is 0 Å². The van der Waals surface area contributed by atoms with E-state index in [-0.39, 0.29) is 17.9 Å². The second-order valence-corrected chi connectivity index (χ2v) is 4.78. The summed E-state index contributed by atoms with van der Waals surface area (Å²) in [6.45, 7) is -0.253. The molecule has 0 bridgehead atoms. The first-order chi connectivity index (χ1) is 10.3. The average molecular weight is 314 g/mol. The quantitative estimate of drug-likeness (QED) is 0.351. The molecule has 5 N–H and O–H groups in total. The van der Waals surface area contributed by atoms with Crippen LogP contribution in [0.2, 0.25) is 0 Å². The number of carboxylic acids is 1. The maximum Gasteiger partial charge on any atom is 0.336 e. The molecule has 10 nitrogen and oxygen atoms in total. The second kappa shape index (κ2) is 6.23. The number of anilines is 1. The van der Waals surface area contributed by atoms with E-state index in [1.807, 2.05) is 0 Å². The number of rotatable bonds is 4. The molecule has 1 aromatic rings. The monoisotopic (exact) mass is 314 g/mol. The molecule has 0 aromatic heterocycles. The van der Waals surface area contributed by atoms with Gasteiger partial charge in [-0.15, -0.1) is 0 Å². The van der Waals surface area contributed by atoms with E-state index in [9.17, 15) is 30.2 Å². The van der Waals surface area contributed by atoms with Crippen LogP contribution in [0.4, 0.5) is 11.4 Å². The summed E-state index contributed by atoms with van der Waals surface area (Å²) < 4.78 is 5.09. The SMILES string of the molecule is O=C(O)c1cc(NC2OCC(O)C(O)C2O)cc([N+](=O)[O-])c1. The molecule has 120 valence electrons. The lowest BCUT2D eigenvalue weighted by atomic mass is 10.0. The van der Waals surface area contributed by atoms with Gasteiger partial charge in [-0.05, 0) is 6.07 Å². The van der Waals surface area contributed by atoms with Crippen LogP contribution in [-0.2, 0) is 4.74 Å². The molecular formula is C12H14N2O8. The van der Waals surface area contributed by atoms with E-state index >= 15 is 0 Å². The van der Waals surface area contributed by atoms with Crippen molar-refractivity contribution in [2.45, 2.75) is 24.5 Å². The molecule has 0 aliphatic carbocycles. The van der Waals surface area contributed by atoms with Crippen molar-refractivity contribution >= 4 is 17.3 Å². The predicted octanol–water partition coefficient (Wildman–Crippen LogP) is -0.856. The van der Waals surface area contributed by atoms with Crippen LogP contribution in [0, 0.1) is 10.1 Å². The number of aliphatic hydroxyl groups excluding tert-OH is 3. The summed E-state index contributed by atoms with van der Waals surface area (Å²) in [5.74, 6) is -1.35. The van der Waals surface area contributed by atoms with Crippen LogP contribution in [0.1, 0.15) is 10.4 Å². The molecule has 4 unspecified atom stereocenters. The molecule has 10 heteroatoms. The highest BCUT2D eigenvalue weighted by atomic mass is 16.6. The zero-order valence-electron chi connectivity index (χ0n) is 11.1. The molecule has 0 spiro atoms. The van der Waals surface area contributed by atoms with E-state index in [4.69, 9.17) is 9.84 Å². The Kier molecular flexibility index (Phi) is 4.56. The van der Waals surface area contributed by atoms with Gasteiger partial charge in [0.15, 0.2) is 6.23 Å². The highest BCUT2D eigenvalue weighted by Gasteiger charge is 2.37. The van der Waals surface area contributed by atoms with Gasteiger partial charge in [0, 0.05) is 17.8 Å². The summed E-state index contributed by atoms with van der Waals surface area (Å²) >= 11 is 0. The van der Waals surface area contributed by atoms with Gasteiger partial charge < -0.3 is 30.5 Å². The van der Waals surface area contributed by atoms with Crippen LogP contribution in [0.5, 0.6) is 0 Å². The standard InChI is InChI=1S/C12H14N2O8/c15-8-4-22-11(10(17)9(8)16)13-6-1-5(12(18)19)2-7(3-6)14(20)21/h1-3,8-11,13,15-17H,4H2,(H,18,19). The summed E-state index contributed by atoms with van der Waals surface area (Å²) in [5.41, 5.74) is -0.741. The largest absolute Gasteiger partial charge is 0.478 e. The molecule has 4 atom stereocenters. The minimum absolute atomic E-state index is 0.0271. The van der Waals surface area contributed by atoms with Gasteiger partial charge in [-0.3, -0.25) is 10.1 Å². The number of benzene rings is 1. The Balaban J connectivity index is 2.25. The van der Waals surface area contributed by atoms with Crippen molar-refractivity contribution in [3.05, 3.63) is 33.9 Å². The number of carbonyl (C=O) groups is 1. The maximum absolute atomic E-state index is 11.0.